The maximum atomic E-state index is 12.8. The normalized spacial score (nSPS) is 15.8. The van der Waals surface area contributed by atoms with Gasteiger partial charge in [0, 0.05) is 55.2 Å². The first-order valence-corrected chi connectivity index (χ1v) is 19.4. The van der Waals surface area contributed by atoms with E-state index in [-0.39, 0.29) is 5.92 Å². The van der Waals surface area contributed by atoms with Gasteiger partial charge in [-0.15, -0.1) is 0 Å². The highest BCUT2D eigenvalue weighted by Crippen LogP contribution is 2.34. The fraction of sp³-hybridized carbons (Fsp3) is 0.409. The van der Waals surface area contributed by atoms with Crippen molar-refractivity contribution in [1.29, 1.82) is 5.26 Å². The van der Waals surface area contributed by atoms with Crippen molar-refractivity contribution in [2.75, 3.05) is 49.1 Å². The summed E-state index contributed by atoms with van der Waals surface area (Å²) >= 11 is 0. The Hall–Kier alpha value is -5.06. The van der Waals surface area contributed by atoms with Crippen LogP contribution in [-0.2, 0) is 18.9 Å². The van der Waals surface area contributed by atoms with Gasteiger partial charge >= 0.3 is 12.4 Å². The lowest BCUT2D eigenvalue weighted by Gasteiger charge is -2.34. The number of oxazole rings is 1. The minimum Gasteiger partial charge on any atom is -0.436 e. The lowest BCUT2D eigenvalue weighted by atomic mass is 9.96. The summed E-state index contributed by atoms with van der Waals surface area (Å²) in [5, 5.41) is 12.9. The topological polar surface area (TPSA) is 94.3 Å². The highest BCUT2D eigenvalue weighted by Gasteiger charge is 2.31. The molecule has 0 atom stereocenters. The largest absolute Gasteiger partial charge is 0.436 e. The summed E-state index contributed by atoms with van der Waals surface area (Å²) in [5.74, 6) is 1.84. The van der Waals surface area contributed by atoms with Crippen LogP contribution < -0.4 is 20.9 Å². The molecule has 0 saturated carbocycles. The molecule has 0 spiro atoms. The van der Waals surface area contributed by atoms with Gasteiger partial charge in [-0.3, -0.25) is 0 Å². The highest BCUT2D eigenvalue weighted by molar-refractivity contribution is 5.81. The van der Waals surface area contributed by atoms with Crippen LogP contribution in [0.3, 0.4) is 0 Å². The van der Waals surface area contributed by atoms with Crippen LogP contribution in [0.25, 0.3) is 22.6 Å². The average molecular weight is 791 g/mol. The van der Waals surface area contributed by atoms with Gasteiger partial charge in [0.15, 0.2) is 5.58 Å². The van der Waals surface area contributed by atoms with Gasteiger partial charge in [0.2, 0.25) is 5.89 Å². The van der Waals surface area contributed by atoms with E-state index in [1.807, 2.05) is 18.2 Å². The van der Waals surface area contributed by atoms with Gasteiger partial charge < -0.3 is 25.3 Å². The molecule has 7 nitrogen and oxygen atoms in total. The van der Waals surface area contributed by atoms with Gasteiger partial charge in [0.05, 0.1) is 22.8 Å². The first-order valence-electron chi connectivity index (χ1n) is 19.4. The highest BCUT2D eigenvalue weighted by atomic mass is 19.4. The number of nitriles is 1. The number of nitrogens with zero attached hydrogens (tertiary/aromatic N) is 4. The van der Waals surface area contributed by atoms with Gasteiger partial charge in [-0.2, -0.15) is 31.6 Å². The van der Waals surface area contributed by atoms with E-state index in [1.165, 1.54) is 0 Å². The van der Waals surface area contributed by atoms with Crippen molar-refractivity contribution in [1.82, 2.24) is 10.3 Å². The van der Waals surface area contributed by atoms with Crippen molar-refractivity contribution in [2.45, 2.75) is 64.3 Å². The Morgan fingerprint density at radius 1 is 0.772 bits per heavy atom. The number of piperidine rings is 2. The zero-order chi connectivity index (χ0) is 40.7. The van der Waals surface area contributed by atoms with Gasteiger partial charge in [-0.25, -0.2) is 4.98 Å². The third-order valence-corrected chi connectivity index (χ3v) is 10.9. The molecule has 4 aromatic carbocycles. The monoisotopic (exact) mass is 790 g/mol. The molecule has 5 aromatic rings. The number of aromatic nitrogens is 1. The van der Waals surface area contributed by atoms with Crippen LogP contribution in [0, 0.1) is 23.2 Å². The van der Waals surface area contributed by atoms with Crippen LogP contribution in [-0.4, -0.2) is 44.3 Å². The number of anilines is 2. The van der Waals surface area contributed by atoms with E-state index in [2.05, 4.69) is 52.2 Å². The Morgan fingerprint density at radius 3 is 1.74 bits per heavy atom. The van der Waals surface area contributed by atoms with E-state index in [4.69, 9.17) is 10.2 Å². The first kappa shape index (κ1) is 41.6. The number of hydrogen-bond acceptors (Lipinski definition) is 7. The molecule has 13 heteroatoms. The molecular formula is C44H48F6N6O. The van der Waals surface area contributed by atoms with Crippen molar-refractivity contribution in [3.63, 3.8) is 0 Å². The van der Waals surface area contributed by atoms with Crippen molar-refractivity contribution < 1.29 is 30.8 Å². The summed E-state index contributed by atoms with van der Waals surface area (Å²) in [6.45, 7) is 9.89. The predicted octanol–water partition coefficient (Wildman–Crippen LogP) is 10.4. The van der Waals surface area contributed by atoms with Gasteiger partial charge in [-0.05, 0) is 135 Å². The molecule has 3 heterocycles. The summed E-state index contributed by atoms with van der Waals surface area (Å²) in [6.07, 6.45) is -4.55. The van der Waals surface area contributed by atoms with Gasteiger partial charge in [0.1, 0.15) is 5.52 Å². The lowest BCUT2D eigenvalue weighted by Crippen LogP contribution is -2.37. The molecule has 7 rings (SSSR count). The number of benzene rings is 4. The van der Waals surface area contributed by atoms with Gasteiger partial charge in [-0.1, -0.05) is 26.0 Å². The molecule has 302 valence electrons. The molecule has 0 radical (unpaired) electrons. The smallest absolute Gasteiger partial charge is 0.416 e. The Bertz CT molecular complexity index is 2090. The van der Waals surface area contributed by atoms with Crippen molar-refractivity contribution in [2.24, 2.45) is 17.6 Å². The third-order valence-electron chi connectivity index (χ3n) is 10.9. The summed E-state index contributed by atoms with van der Waals surface area (Å²) < 4.78 is 81.9. The summed E-state index contributed by atoms with van der Waals surface area (Å²) in [5.41, 5.74) is 11.2. The molecule has 2 saturated heterocycles. The van der Waals surface area contributed by atoms with E-state index >= 15 is 0 Å². The maximum absolute atomic E-state index is 12.8. The average Bonchev–Trinajstić information content (AvgIpc) is 3.65. The van der Waals surface area contributed by atoms with Crippen molar-refractivity contribution in [3.8, 4) is 17.5 Å². The molecule has 2 fully saturated rings. The fourth-order valence-corrected chi connectivity index (χ4v) is 7.41. The molecule has 1 aromatic heterocycles. The van der Waals surface area contributed by atoms with Crippen LogP contribution in [0.5, 0.6) is 0 Å². The molecule has 57 heavy (non-hydrogen) atoms. The van der Waals surface area contributed by atoms with E-state index < -0.39 is 23.5 Å². The molecule has 0 amide bonds. The van der Waals surface area contributed by atoms with Gasteiger partial charge in [0.25, 0.3) is 0 Å². The Morgan fingerprint density at radius 2 is 1.28 bits per heavy atom. The van der Waals surface area contributed by atoms with Crippen LogP contribution in [0.15, 0.2) is 89.3 Å². The predicted molar refractivity (Wildman–Crippen MR) is 212 cm³/mol. The number of alkyl halides is 6. The summed E-state index contributed by atoms with van der Waals surface area (Å²) in [6, 6.07) is 24.8. The number of nitrogens with two attached hydrogens (primary N) is 1. The number of hydrogen-bond donors (Lipinski definition) is 2. The minimum absolute atomic E-state index is 0.215. The zero-order valence-electron chi connectivity index (χ0n) is 32.1. The second-order valence-electron chi connectivity index (χ2n) is 15.2. The van der Waals surface area contributed by atoms with Crippen LogP contribution in [0.4, 0.5) is 37.7 Å². The lowest BCUT2D eigenvalue weighted by molar-refractivity contribution is -0.138. The number of fused-ring (bicyclic) bond motifs is 1. The zero-order valence-corrected chi connectivity index (χ0v) is 32.1. The second kappa shape index (κ2) is 18.0. The van der Waals surface area contributed by atoms with E-state index in [1.54, 1.807) is 30.3 Å². The van der Waals surface area contributed by atoms with Crippen molar-refractivity contribution >= 4 is 22.5 Å². The van der Waals surface area contributed by atoms with E-state index in [9.17, 15) is 31.6 Å². The van der Waals surface area contributed by atoms with E-state index in [0.717, 1.165) is 123 Å². The number of halogens is 6. The molecule has 0 bridgehead atoms. The maximum Gasteiger partial charge on any atom is 0.416 e. The Kier molecular flexibility index (Phi) is 13.2. The van der Waals surface area contributed by atoms with Crippen LogP contribution >= 0.6 is 0 Å². The number of rotatable bonds is 9. The summed E-state index contributed by atoms with van der Waals surface area (Å²) in [7, 11) is 0. The van der Waals surface area contributed by atoms with Crippen molar-refractivity contribution in [3.05, 3.63) is 113 Å². The molecular weight excluding hydrogens is 743 g/mol. The third kappa shape index (κ3) is 10.7. The minimum atomic E-state index is -4.30. The standard InChI is InChI=1S/C31H31F3N4O.C13H17F3N2/c1-20(2)27-15-23(17-35)16-28-29(27)39-30(37-28)24-5-3-21(4-6-24)18-36-19-22-11-13-38(14-12-22)26-9-7-25(8-10-26)31(32,33)34;14-13(15,16)11-1-3-12(4-2-11)18-7-5-10(9-17)6-8-18/h3-10,15-16,20,22,36H,11-14,18-19H2,1-2H3;1-4,10H,5-9,17H2. The molecule has 2 aliphatic heterocycles. The SMILES string of the molecule is CC(C)c1cc(C#N)cc2nc(-c3ccc(CNCC4CCN(c5ccc(C(F)(F)F)cc5)CC4)cc3)oc12.NCC1CCN(c2ccc(C(F)(F)F)cc2)CC1. The molecule has 0 aliphatic carbocycles. The Labute approximate surface area is 329 Å². The van der Waals surface area contributed by atoms with E-state index in [0.29, 0.717) is 35.4 Å². The first-order chi connectivity index (χ1) is 27.2. The Balaban J connectivity index is 0.000000255. The fourth-order valence-electron chi connectivity index (χ4n) is 7.41. The van der Waals surface area contributed by atoms with Crippen LogP contribution in [0.2, 0.25) is 0 Å². The molecule has 3 N–H and O–H groups in total. The molecule has 2 aliphatic rings. The quantitative estimate of drug-likeness (QED) is 0.144. The summed E-state index contributed by atoms with van der Waals surface area (Å²) in [4.78, 5) is 8.92. The number of nitrogens with one attached hydrogen (secondary N) is 1. The van der Waals surface area contributed by atoms with Crippen LogP contribution in [0.1, 0.15) is 73.3 Å². The molecule has 0 unspecified atom stereocenters. The second-order valence-corrected chi connectivity index (χ2v) is 15.2.